The number of anilines is 1. The maximum atomic E-state index is 8.75. The zero-order valence-corrected chi connectivity index (χ0v) is 6.71. The SMILES string of the molecule is N#CC1=NC=CCN1c1cocn1. The Morgan fingerprint density at radius 1 is 1.62 bits per heavy atom. The molecule has 0 fully saturated rings. The molecule has 0 amide bonds. The molecule has 2 rings (SSSR count). The average Bonchev–Trinajstić information content (AvgIpc) is 2.70. The van der Waals surface area contributed by atoms with Gasteiger partial charge in [-0.25, -0.2) is 4.99 Å². The molecule has 1 aromatic heterocycles. The maximum absolute atomic E-state index is 8.75. The number of aromatic nitrogens is 1. The zero-order valence-electron chi connectivity index (χ0n) is 6.71. The minimum atomic E-state index is 0.330. The lowest BCUT2D eigenvalue weighted by atomic mass is 10.4. The van der Waals surface area contributed by atoms with Crippen LogP contribution in [0.2, 0.25) is 0 Å². The monoisotopic (exact) mass is 174 g/mol. The Bertz CT molecular complexity index is 385. The molecule has 64 valence electrons. The molecule has 0 aromatic carbocycles. The van der Waals surface area contributed by atoms with Crippen LogP contribution in [0, 0.1) is 11.3 Å². The molecule has 0 aliphatic carbocycles. The fourth-order valence-electron chi connectivity index (χ4n) is 1.06. The van der Waals surface area contributed by atoms with Gasteiger partial charge in [0.05, 0.1) is 0 Å². The minimum absolute atomic E-state index is 0.330. The summed E-state index contributed by atoms with van der Waals surface area (Å²) in [5.41, 5.74) is 0. The number of nitriles is 1. The lowest BCUT2D eigenvalue weighted by molar-refractivity contribution is 0.558. The van der Waals surface area contributed by atoms with E-state index in [9.17, 15) is 0 Å². The van der Waals surface area contributed by atoms with Gasteiger partial charge >= 0.3 is 0 Å². The second-order valence-electron chi connectivity index (χ2n) is 2.41. The van der Waals surface area contributed by atoms with Crippen LogP contribution in [0.4, 0.5) is 5.82 Å². The van der Waals surface area contributed by atoms with Crippen LogP contribution in [0.25, 0.3) is 0 Å². The first-order valence-electron chi connectivity index (χ1n) is 3.70. The number of hydrogen-bond donors (Lipinski definition) is 0. The van der Waals surface area contributed by atoms with Gasteiger partial charge in [-0.1, -0.05) is 0 Å². The highest BCUT2D eigenvalue weighted by Gasteiger charge is 2.15. The first-order valence-corrected chi connectivity index (χ1v) is 3.70. The highest BCUT2D eigenvalue weighted by molar-refractivity contribution is 6.08. The van der Waals surface area contributed by atoms with Crippen molar-refractivity contribution in [2.24, 2.45) is 4.99 Å². The first kappa shape index (κ1) is 7.55. The van der Waals surface area contributed by atoms with Crippen molar-refractivity contribution in [2.45, 2.75) is 0 Å². The van der Waals surface area contributed by atoms with Gasteiger partial charge in [0.2, 0.25) is 5.84 Å². The van der Waals surface area contributed by atoms with E-state index in [0.717, 1.165) is 0 Å². The second kappa shape index (κ2) is 3.11. The van der Waals surface area contributed by atoms with E-state index < -0.39 is 0 Å². The van der Waals surface area contributed by atoms with Crippen molar-refractivity contribution in [2.75, 3.05) is 11.4 Å². The van der Waals surface area contributed by atoms with Gasteiger partial charge in [0.15, 0.2) is 12.2 Å². The molecule has 1 aliphatic heterocycles. The average molecular weight is 174 g/mol. The minimum Gasteiger partial charge on any atom is -0.449 e. The van der Waals surface area contributed by atoms with Crippen LogP contribution in [-0.4, -0.2) is 17.4 Å². The van der Waals surface area contributed by atoms with E-state index in [-0.39, 0.29) is 0 Å². The van der Waals surface area contributed by atoms with Crippen LogP contribution in [0.1, 0.15) is 0 Å². The third-order valence-electron chi connectivity index (χ3n) is 1.64. The van der Waals surface area contributed by atoms with Crippen molar-refractivity contribution in [1.82, 2.24) is 4.98 Å². The topological polar surface area (TPSA) is 65.4 Å². The Morgan fingerprint density at radius 2 is 2.54 bits per heavy atom. The fraction of sp³-hybridized carbons (Fsp3) is 0.125. The summed E-state index contributed by atoms with van der Waals surface area (Å²) >= 11 is 0. The van der Waals surface area contributed by atoms with Gasteiger partial charge in [0, 0.05) is 12.7 Å². The molecule has 1 aromatic rings. The van der Waals surface area contributed by atoms with Crippen molar-refractivity contribution in [3.63, 3.8) is 0 Å². The van der Waals surface area contributed by atoms with E-state index in [0.29, 0.717) is 18.2 Å². The molecule has 0 saturated heterocycles. The van der Waals surface area contributed by atoms with E-state index >= 15 is 0 Å². The molecular formula is C8H6N4O. The van der Waals surface area contributed by atoms with Gasteiger partial charge in [-0.05, 0) is 6.08 Å². The summed E-state index contributed by atoms with van der Waals surface area (Å²) in [6.07, 6.45) is 6.25. The fourth-order valence-corrected chi connectivity index (χ4v) is 1.06. The summed E-state index contributed by atoms with van der Waals surface area (Å²) < 4.78 is 4.82. The van der Waals surface area contributed by atoms with Crippen molar-refractivity contribution < 1.29 is 4.42 Å². The van der Waals surface area contributed by atoms with Crippen LogP contribution >= 0.6 is 0 Å². The molecule has 2 heterocycles. The molecule has 0 saturated carbocycles. The van der Waals surface area contributed by atoms with Crippen molar-refractivity contribution in [3.05, 3.63) is 24.9 Å². The number of rotatable bonds is 1. The smallest absolute Gasteiger partial charge is 0.214 e. The van der Waals surface area contributed by atoms with E-state index in [2.05, 4.69) is 9.98 Å². The highest BCUT2D eigenvalue weighted by atomic mass is 16.3. The van der Waals surface area contributed by atoms with E-state index in [1.807, 2.05) is 12.1 Å². The normalized spacial score (nSPS) is 15.3. The molecule has 5 heteroatoms. The predicted octanol–water partition coefficient (Wildman–Crippen LogP) is 0.930. The summed E-state index contributed by atoms with van der Waals surface area (Å²) in [7, 11) is 0. The summed E-state index contributed by atoms with van der Waals surface area (Å²) in [6, 6.07) is 1.99. The molecule has 0 radical (unpaired) electrons. The van der Waals surface area contributed by atoms with Crippen molar-refractivity contribution in [3.8, 4) is 6.07 Å². The van der Waals surface area contributed by atoms with Crippen molar-refractivity contribution in [1.29, 1.82) is 5.26 Å². The molecule has 0 unspecified atom stereocenters. The third kappa shape index (κ3) is 1.29. The summed E-state index contributed by atoms with van der Waals surface area (Å²) in [5, 5.41) is 8.75. The standard InChI is InChI=1S/C8H6N4O/c9-4-7-10-2-1-3-12(7)8-5-13-6-11-8/h1-2,5-6H,3H2. The van der Waals surface area contributed by atoms with Gasteiger partial charge < -0.3 is 4.42 Å². The van der Waals surface area contributed by atoms with Crippen LogP contribution in [0.15, 0.2) is 34.3 Å². The first-order chi connectivity index (χ1) is 6.42. The predicted molar refractivity (Wildman–Crippen MR) is 46.0 cm³/mol. The van der Waals surface area contributed by atoms with Gasteiger partial charge in [0.1, 0.15) is 12.3 Å². The molecule has 0 atom stereocenters. The van der Waals surface area contributed by atoms with E-state index in [4.69, 9.17) is 9.68 Å². The van der Waals surface area contributed by atoms with Crippen LogP contribution in [0.3, 0.4) is 0 Å². The zero-order chi connectivity index (χ0) is 9.10. The summed E-state index contributed by atoms with van der Waals surface area (Å²) in [4.78, 5) is 9.51. The number of nitrogens with zero attached hydrogens (tertiary/aromatic N) is 4. The highest BCUT2D eigenvalue weighted by Crippen LogP contribution is 2.13. The Labute approximate surface area is 74.6 Å². The second-order valence-corrected chi connectivity index (χ2v) is 2.41. The van der Waals surface area contributed by atoms with Gasteiger partial charge in [-0.15, -0.1) is 0 Å². The number of oxazole rings is 1. The molecule has 13 heavy (non-hydrogen) atoms. The van der Waals surface area contributed by atoms with Gasteiger partial charge in [0.25, 0.3) is 0 Å². The number of hydrogen-bond acceptors (Lipinski definition) is 5. The number of amidine groups is 1. The van der Waals surface area contributed by atoms with Crippen LogP contribution in [-0.2, 0) is 0 Å². The molecule has 0 N–H and O–H groups in total. The van der Waals surface area contributed by atoms with Crippen LogP contribution < -0.4 is 4.90 Å². The quantitative estimate of drug-likeness (QED) is 0.635. The molecule has 0 spiro atoms. The molecule has 5 nitrogen and oxygen atoms in total. The lowest BCUT2D eigenvalue weighted by Gasteiger charge is -2.18. The van der Waals surface area contributed by atoms with Gasteiger partial charge in [-0.2, -0.15) is 10.2 Å². The molecule has 1 aliphatic rings. The Morgan fingerprint density at radius 3 is 3.23 bits per heavy atom. The van der Waals surface area contributed by atoms with E-state index in [1.54, 1.807) is 11.1 Å². The van der Waals surface area contributed by atoms with Gasteiger partial charge in [-0.3, -0.25) is 4.90 Å². The Balaban J connectivity index is 2.32. The Hall–Kier alpha value is -2.09. The Kier molecular flexibility index (Phi) is 1.81. The molecular weight excluding hydrogens is 168 g/mol. The number of aliphatic imine (C=N–C) groups is 1. The lowest BCUT2D eigenvalue weighted by Crippen LogP contribution is -2.31. The maximum Gasteiger partial charge on any atom is 0.214 e. The molecule has 0 bridgehead atoms. The van der Waals surface area contributed by atoms with Crippen molar-refractivity contribution >= 4 is 11.7 Å². The largest absolute Gasteiger partial charge is 0.449 e. The van der Waals surface area contributed by atoms with E-state index in [1.165, 1.54) is 12.7 Å². The van der Waals surface area contributed by atoms with Crippen LogP contribution in [0.5, 0.6) is 0 Å². The third-order valence-corrected chi connectivity index (χ3v) is 1.64. The summed E-state index contributed by atoms with van der Waals surface area (Å²) in [6.45, 7) is 0.596. The summed E-state index contributed by atoms with van der Waals surface area (Å²) in [5.74, 6) is 0.932.